The minimum absolute atomic E-state index is 0.0288. The van der Waals surface area contributed by atoms with Crippen LogP contribution in [0.2, 0.25) is 0 Å². The fourth-order valence-corrected chi connectivity index (χ4v) is 3.93. The monoisotopic (exact) mass is 361 g/mol. The number of carbonyl (C=O) groups excluding carboxylic acids is 1. The summed E-state index contributed by atoms with van der Waals surface area (Å²) in [6.45, 7) is 3.70. The lowest BCUT2D eigenvalue weighted by Crippen LogP contribution is -2.37. The van der Waals surface area contributed by atoms with Crippen LogP contribution in [-0.4, -0.2) is 42.1 Å². The molecule has 0 unspecified atom stereocenters. The number of para-hydroxylation sites is 1. The van der Waals surface area contributed by atoms with Gasteiger partial charge in [0.2, 0.25) is 0 Å². The van der Waals surface area contributed by atoms with Crippen LogP contribution in [0, 0.1) is 5.92 Å². The van der Waals surface area contributed by atoms with Gasteiger partial charge in [0, 0.05) is 24.0 Å². The van der Waals surface area contributed by atoms with Crippen molar-refractivity contribution in [1.29, 1.82) is 0 Å². The lowest BCUT2D eigenvalue weighted by Gasteiger charge is -2.29. The molecule has 1 aliphatic heterocycles. The lowest BCUT2D eigenvalue weighted by molar-refractivity contribution is 0.0930. The zero-order valence-corrected chi connectivity index (χ0v) is 15.9. The first-order valence-electron chi connectivity index (χ1n) is 9.79. The highest BCUT2D eigenvalue weighted by Gasteiger charge is 2.20. The molecule has 2 aromatic carbocycles. The number of nitrogens with one attached hydrogen (secondary N) is 1. The largest absolute Gasteiger partial charge is 0.350 e. The third-order valence-corrected chi connectivity index (χ3v) is 5.62. The highest BCUT2D eigenvalue weighted by Crippen LogP contribution is 2.22. The lowest BCUT2D eigenvalue weighted by atomic mass is 9.97. The highest BCUT2D eigenvalue weighted by molar-refractivity contribution is 5.98. The van der Waals surface area contributed by atoms with E-state index in [-0.39, 0.29) is 5.91 Å². The molecule has 0 radical (unpaired) electrons. The van der Waals surface area contributed by atoms with E-state index in [4.69, 9.17) is 0 Å². The first kappa shape index (κ1) is 17.8. The molecule has 1 saturated heterocycles. The molecule has 0 spiro atoms. The van der Waals surface area contributed by atoms with Crippen molar-refractivity contribution in [2.24, 2.45) is 5.92 Å². The zero-order valence-electron chi connectivity index (χ0n) is 15.9. The molecular weight excluding hydrogens is 334 g/mol. The fraction of sp³-hybridized carbons (Fsp3) is 0.348. The molecule has 1 N–H and O–H groups in total. The molecule has 140 valence electrons. The Bertz CT molecular complexity index is 908. The summed E-state index contributed by atoms with van der Waals surface area (Å²) in [4.78, 5) is 15.3. The molecule has 1 aliphatic rings. The van der Waals surface area contributed by atoms with Gasteiger partial charge in [0.25, 0.3) is 5.91 Å². The number of fused-ring (bicyclic) bond motifs is 1. The van der Waals surface area contributed by atoms with E-state index in [1.165, 1.54) is 5.56 Å². The molecule has 0 atom stereocenters. The summed E-state index contributed by atoms with van der Waals surface area (Å²) in [7, 11) is 2.16. The van der Waals surface area contributed by atoms with Gasteiger partial charge in [-0.1, -0.05) is 48.5 Å². The standard InChI is InChI=1S/C23H27N3O/c1-25-13-11-18(12-14-25)16-24-23(27)22-15-20-9-5-6-10-21(20)26(22)17-19-7-3-2-4-8-19/h2-10,15,18H,11-14,16-17H2,1H3,(H,24,27). The van der Waals surface area contributed by atoms with E-state index in [9.17, 15) is 4.79 Å². The Hall–Kier alpha value is -2.59. The second kappa shape index (κ2) is 7.97. The Morgan fingerprint density at radius 2 is 1.74 bits per heavy atom. The van der Waals surface area contributed by atoms with E-state index in [0.29, 0.717) is 12.5 Å². The summed E-state index contributed by atoms with van der Waals surface area (Å²) in [6.07, 6.45) is 2.31. The van der Waals surface area contributed by atoms with Gasteiger partial charge in [0.15, 0.2) is 0 Å². The van der Waals surface area contributed by atoms with Crippen LogP contribution in [-0.2, 0) is 6.54 Å². The third kappa shape index (κ3) is 4.06. The van der Waals surface area contributed by atoms with E-state index in [1.807, 2.05) is 36.4 Å². The third-order valence-electron chi connectivity index (χ3n) is 5.62. The van der Waals surface area contributed by atoms with Crippen LogP contribution in [0.25, 0.3) is 10.9 Å². The van der Waals surface area contributed by atoms with E-state index >= 15 is 0 Å². The number of hydrogen-bond donors (Lipinski definition) is 1. The van der Waals surface area contributed by atoms with Crippen LogP contribution in [0.4, 0.5) is 0 Å². The van der Waals surface area contributed by atoms with Crippen molar-refractivity contribution in [2.75, 3.05) is 26.7 Å². The summed E-state index contributed by atoms with van der Waals surface area (Å²) in [5.41, 5.74) is 3.04. The zero-order chi connectivity index (χ0) is 18.6. The molecule has 4 heteroatoms. The molecule has 4 nitrogen and oxygen atoms in total. The van der Waals surface area contributed by atoms with Gasteiger partial charge in [-0.2, -0.15) is 0 Å². The summed E-state index contributed by atoms with van der Waals surface area (Å²) in [5, 5.41) is 4.30. The van der Waals surface area contributed by atoms with E-state index in [1.54, 1.807) is 0 Å². The van der Waals surface area contributed by atoms with Crippen molar-refractivity contribution in [3.63, 3.8) is 0 Å². The van der Waals surface area contributed by atoms with Gasteiger partial charge in [0.05, 0.1) is 0 Å². The van der Waals surface area contributed by atoms with Crippen molar-refractivity contribution >= 4 is 16.8 Å². The molecule has 3 aromatic rings. The van der Waals surface area contributed by atoms with E-state index in [0.717, 1.165) is 49.1 Å². The van der Waals surface area contributed by atoms with Crippen LogP contribution in [0.1, 0.15) is 28.9 Å². The first-order chi connectivity index (χ1) is 13.2. The number of benzene rings is 2. The topological polar surface area (TPSA) is 37.3 Å². The van der Waals surface area contributed by atoms with E-state index < -0.39 is 0 Å². The van der Waals surface area contributed by atoms with Crippen molar-refractivity contribution in [1.82, 2.24) is 14.8 Å². The number of rotatable bonds is 5. The predicted molar refractivity (Wildman–Crippen MR) is 110 cm³/mol. The Labute approximate surface area is 160 Å². The summed E-state index contributed by atoms with van der Waals surface area (Å²) < 4.78 is 2.13. The first-order valence-corrected chi connectivity index (χ1v) is 9.79. The van der Waals surface area contributed by atoms with Crippen molar-refractivity contribution < 1.29 is 4.79 Å². The summed E-state index contributed by atoms with van der Waals surface area (Å²) >= 11 is 0. The Kier molecular flexibility index (Phi) is 5.26. The smallest absolute Gasteiger partial charge is 0.267 e. The number of aromatic nitrogens is 1. The van der Waals surface area contributed by atoms with Gasteiger partial charge in [-0.15, -0.1) is 0 Å². The van der Waals surface area contributed by atoms with Gasteiger partial charge >= 0.3 is 0 Å². The maximum absolute atomic E-state index is 13.0. The quantitative estimate of drug-likeness (QED) is 0.751. The van der Waals surface area contributed by atoms with Crippen molar-refractivity contribution in [3.05, 3.63) is 71.9 Å². The SMILES string of the molecule is CN1CCC(CNC(=O)c2cc3ccccc3n2Cc2ccccc2)CC1. The summed E-state index contributed by atoms with van der Waals surface area (Å²) in [6, 6.07) is 20.6. The molecule has 0 aliphatic carbocycles. The molecule has 27 heavy (non-hydrogen) atoms. The van der Waals surface area contributed by atoms with E-state index in [2.05, 4.69) is 46.1 Å². The molecule has 1 aromatic heterocycles. The van der Waals surface area contributed by atoms with Crippen molar-refractivity contribution in [3.8, 4) is 0 Å². The second-order valence-corrected chi connectivity index (χ2v) is 7.62. The number of piperidine rings is 1. The van der Waals surface area contributed by atoms with Crippen LogP contribution in [0.3, 0.4) is 0 Å². The maximum atomic E-state index is 13.0. The number of nitrogens with zero attached hydrogens (tertiary/aromatic N) is 2. The van der Waals surface area contributed by atoms with Crippen LogP contribution < -0.4 is 5.32 Å². The normalized spacial score (nSPS) is 15.9. The highest BCUT2D eigenvalue weighted by atomic mass is 16.1. The second-order valence-electron chi connectivity index (χ2n) is 7.62. The van der Waals surface area contributed by atoms with Gasteiger partial charge in [-0.3, -0.25) is 4.79 Å². The minimum atomic E-state index is 0.0288. The van der Waals surface area contributed by atoms with Crippen LogP contribution in [0.15, 0.2) is 60.7 Å². The van der Waals surface area contributed by atoms with Crippen LogP contribution in [0.5, 0.6) is 0 Å². The molecule has 1 amide bonds. The van der Waals surface area contributed by atoms with Gasteiger partial charge < -0.3 is 14.8 Å². The molecule has 0 saturated carbocycles. The average molecular weight is 361 g/mol. The molecule has 2 heterocycles. The number of amides is 1. The minimum Gasteiger partial charge on any atom is -0.350 e. The maximum Gasteiger partial charge on any atom is 0.267 e. The molecule has 4 rings (SSSR count). The Balaban J connectivity index is 1.55. The Morgan fingerprint density at radius 1 is 1.04 bits per heavy atom. The summed E-state index contributed by atoms with van der Waals surface area (Å²) in [5.74, 6) is 0.609. The van der Waals surface area contributed by atoms with Gasteiger partial charge in [-0.25, -0.2) is 0 Å². The predicted octanol–water partition coefficient (Wildman–Crippen LogP) is 3.76. The van der Waals surface area contributed by atoms with Gasteiger partial charge in [0.1, 0.15) is 5.69 Å². The fourth-order valence-electron chi connectivity index (χ4n) is 3.93. The molecule has 1 fully saturated rings. The molecule has 0 bridgehead atoms. The van der Waals surface area contributed by atoms with Gasteiger partial charge in [-0.05, 0) is 56.6 Å². The molecular formula is C23H27N3O. The number of hydrogen-bond acceptors (Lipinski definition) is 2. The van der Waals surface area contributed by atoms with Crippen LogP contribution >= 0.6 is 0 Å². The Morgan fingerprint density at radius 3 is 2.52 bits per heavy atom. The number of likely N-dealkylation sites (tertiary alicyclic amines) is 1. The average Bonchev–Trinajstić information content (AvgIpc) is 3.07. The van der Waals surface area contributed by atoms with Crippen molar-refractivity contribution in [2.45, 2.75) is 19.4 Å². The number of carbonyl (C=O) groups is 1.